The third-order valence-electron chi connectivity index (χ3n) is 8.77. The minimum atomic E-state index is -1.15. The molecule has 3 aliphatic heterocycles. The van der Waals surface area contributed by atoms with Crippen molar-refractivity contribution in [2.24, 2.45) is 11.8 Å². The molecular weight excluding hydrogens is 526 g/mol. The molecule has 1 aromatic heterocycles. The van der Waals surface area contributed by atoms with Gasteiger partial charge in [0.1, 0.15) is 29.7 Å². The smallest absolute Gasteiger partial charge is 0.312 e. The van der Waals surface area contributed by atoms with E-state index in [1.54, 1.807) is 26.6 Å². The summed E-state index contributed by atoms with van der Waals surface area (Å²) in [6, 6.07) is 6.58. The van der Waals surface area contributed by atoms with Gasteiger partial charge in [0.05, 0.1) is 23.6 Å². The maximum absolute atomic E-state index is 14.5. The van der Waals surface area contributed by atoms with Gasteiger partial charge in [-0.2, -0.15) is 0 Å². The molecule has 1 N–H and O–H groups in total. The second-order valence-electron chi connectivity index (χ2n) is 11.4. The highest BCUT2D eigenvalue weighted by Crippen LogP contribution is 2.63. The van der Waals surface area contributed by atoms with Gasteiger partial charge in [-0.25, -0.2) is 4.68 Å². The highest BCUT2D eigenvalue weighted by molar-refractivity contribution is 5.98. The van der Waals surface area contributed by atoms with Gasteiger partial charge in [-0.1, -0.05) is 29.5 Å². The van der Waals surface area contributed by atoms with Gasteiger partial charge in [0.15, 0.2) is 0 Å². The normalized spacial score (nSPS) is 28.2. The molecule has 220 valence electrons. The topological polar surface area (TPSA) is 127 Å². The van der Waals surface area contributed by atoms with Crippen molar-refractivity contribution in [1.29, 1.82) is 0 Å². The summed E-state index contributed by atoms with van der Waals surface area (Å²) in [5, 5.41) is 17.7. The third kappa shape index (κ3) is 4.95. The number of likely N-dealkylation sites (tertiary alicyclic amines) is 1. The minimum absolute atomic E-state index is 0.0575. The molecule has 0 radical (unpaired) electrons. The number of fused-ring (bicyclic) bond motifs is 2. The molecule has 1 spiro atoms. The Morgan fingerprint density at radius 3 is 2.78 bits per heavy atom. The average molecular weight is 566 g/mol. The fourth-order valence-corrected chi connectivity index (χ4v) is 6.94. The molecule has 41 heavy (non-hydrogen) atoms. The number of ether oxygens (including phenoxy) is 2. The van der Waals surface area contributed by atoms with Gasteiger partial charge in [0.2, 0.25) is 11.8 Å². The molecular formula is C30H39N5O6. The van der Waals surface area contributed by atoms with Crippen LogP contribution in [-0.2, 0) is 30.5 Å². The molecule has 11 nitrogen and oxygen atoms in total. The summed E-state index contributed by atoms with van der Waals surface area (Å²) >= 11 is 0. The van der Waals surface area contributed by atoms with Crippen LogP contribution in [-0.4, -0.2) is 91.2 Å². The van der Waals surface area contributed by atoms with Crippen LogP contribution in [0.4, 0.5) is 0 Å². The van der Waals surface area contributed by atoms with Crippen LogP contribution in [0.25, 0.3) is 11.0 Å². The van der Waals surface area contributed by atoms with Crippen molar-refractivity contribution in [3.8, 4) is 0 Å². The standard InChI is InChI=1S/C30H39N5O6/c1-4-6-19-40-28(39)24-23-26(37)34(17-10-7-11-18-36)25(30(23)15-14-29(24,3)41-30)27(38)33(16-5-2)20-35-22-13-9-8-12-21(22)31-32-35/h4-5,8-9,12-13,23-25,36H,1-2,6-7,10-11,14-20H2,3H3/t23-,24-,25?,29+,30?/m0/s1. The number of aliphatic hydroxyl groups is 1. The molecule has 11 heteroatoms. The summed E-state index contributed by atoms with van der Waals surface area (Å²) < 4.78 is 13.9. The van der Waals surface area contributed by atoms with Crippen LogP contribution >= 0.6 is 0 Å². The summed E-state index contributed by atoms with van der Waals surface area (Å²) in [6.45, 7) is 10.3. The van der Waals surface area contributed by atoms with Crippen molar-refractivity contribution < 1.29 is 29.0 Å². The summed E-state index contributed by atoms with van der Waals surface area (Å²) in [5.74, 6) is -2.64. The molecule has 5 atom stereocenters. The number of hydrogen-bond donors (Lipinski definition) is 1. The number of carbonyl (C=O) groups excluding carboxylic acids is 3. The summed E-state index contributed by atoms with van der Waals surface area (Å²) in [4.78, 5) is 45.3. The predicted octanol–water partition coefficient (Wildman–Crippen LogP) is 2.45. The van der Waals surface area contributed by atoms with Gasteiger partial charge in [-0.15, -0.1) is 18.3 Å². The zero-order valence-electron chi connectivity index (χ0n) is 23.6. The number of aromatic nitrogens is 3. The van der Waals surface area contributed by atoms with Gasteiger partial charge in [-0.3, -0.25) is 14.4 Å². The number of amides is 2. The molecule has 3 aliphatic rings. The van der Waals surface area contributed by atoms with Crippen LogP contribution in [0.1, 0.15) is 45.4 Å². The maximum Gasteiger partial charge on any atom is 0.312 e. The number of aliphatic hydroxyl groups excluding tert-OH is 1. The van der Waals surface area contributed by atoms with E-state index in [4.69, 9.17) is 9.47 Å². The molecule has 0 saturated carbocycles. The molecule has 0 aliphatic carbocycles. The van der Waals surface area contributed by atoms with E-state index in [-0.39, 0.29) is 38.2 Å². The highest BCUT2D eigenvalue weighted by atomic mass is 16.6. The molecule has 2 amide bonds. The molecule has 2 unspecified atom stereocenters. The van der Waals surface area contributed by atoms with Crippen molar-refractivity contribution in [2.75, 3.05) is 26.3 Å². The Balaban J connectivity index is 1.49. The predicted molar refractivity (Wildman–Crippen MR) is 150 cm³/mol. The number of para-hydroxylation sites is 1. The Morgan fingerprint density at radius 2 is 2.02 bits per heavy atom. The van der Waals surface area contributed by atoms with E-state index in [0.717, 1.165) is 5.52 Å². The van der Waals surface area contributed by atoms with Crippen LogP contribution < -0.4 is 0 Å². The van der Waals surface area contributed by atoms with E-state index in [1.165, 1.54) is 0 Å². The number of nitrogens with zero attached hydrogens (tertiary/aromatic N) is 5. The van der Waals surface area contributed by atoms with Crippen LogP contribution in [0, 0.1) is 11.8 Å². The molecule has 5 rings (SSSR count). The fourth-order valence-electron chi connectivity index (χ4n) is 6.94. The first-order chi connectivity index (χ1) is 19.8. The van der Waals surface area contributed by atoms with Gasteiger partial charge >= 0.3 is 5.97 Å². The van der Waals surface area contributed by atoms with Gasteiger partial charge in [0, 0.05) is 19.7 Å². The van der Waals surface area contributed by atoms with E-state index in [0.29, 0.717) is 50.6 Å². The summed E-state index contributed by atoms with van der Waals surface area (Å²) in [6.07, 6.45) is 6.75. The zero-order valence-corrected chi connectivity index (χ0v) is 23.6. The number of carbonyl (C=O) groups is 3. The van der Waals surface area contributed by atoms with E-state index in [2.05, 4.69) is 23.5 Å². The lowest BCUT2D eigenvalue weighted by Crippen LogP contribution is -2.56. The summed E-state index contributed by atoms with van der Waals surface area (Å²) in [7, 11) is 0. The van der Waals surface area contributed by atoms with Gasteiger partial charge in [0.25, 0.3) is 0 Å². The molecule has 2 aromatic rings. The van der Waals surface area contributed by atoms with Crippen LogP contribution in [0.3, 0.4) is 0 Å². The van der Waals surface area contributed by atoms with Crippen LogP contribution in [0.2, 0.25) is 0 Å². The Kier molecular flexibility index (Phi) is 8.28. The summed E-state index contributed by atoms with van der Waals surface area (Å²) in [5.41, 5.74) is -0.562. The van der Waals surface area contributed by atoms with Crippen molar-refractivity contribution in [1.82, 2.24) is 24.8 Å². The highest BCUT2D eigenvalue weighted by Gasteiger charge is 2.78. The third-order valence-corrected chi connectivity index (χ3v) is 8.77. The molecule has 4 heterocycles. The Bertz CT molecular complexity index is 1330. The molecule has 3 saturated heterocycles. The van der Waals surface area contributed by atoms with Crippen molar-refractivity contribution in [3.05, 3.63) is 49.6 Å². The van der Waals surface area contributed by atoms with Crippen molar-refractivity contribution in [2.45, 2.75) is 69.4 Å². The lowest BCUT2D eigenvalue weighted by molar-refractivity contribution is -0.160. The average Bonchev–Trinajstić information content (AvgIpc) is 3.66. The number of hydrogen-bond acceptors (Lipinski definition) is 8. The molecule has 1 aromatic carbocycles. The first kappa shape index (κ1) is 28.9. The first-order valence-electron chi connectivity index (χ1n) is 14.4. The van der Waals surface area contributed by atoms with Crippen molar-refractivity contribution in [3.63, 3.8) is 0 Å². The Hall–Kier alpha value is -3.57. The maximum atomic E-state index is 14.5. The number of unbranched alkanes of at least 4 members (excludes halogenated alkanes) is 2. The second-order valence-corrected chi connectivity index (χ2v) is 11.4. The first-order valence-corrected chi connectivity index (χ1v) is 14.4. The van der Waals surface area contributed by atoms with Crippen molar-refractivity contribution >= 4 is 28.8 Å². The second kappa shape index (κ2) is 11.7. The largest absolute Gasteiger partial charge is 0.465 e. The lowest BCUT2D eigenvalue weighted by atomic mass is 9.66. The fraction of sp³-hybridized carbons (Fsp3) is 0.567. The Labute approximate surface area is 239 Å². The van der Waals surface area contributed by atoms with Crippen LogP contribution in [0.5, 0.6) is 0 Å². The lowest BCUT2D eigenvalue weighted by Gasteiger charge is -2.36. The molecule has 2 bridgehead atoms. The van der Waals surface area contributed by atoms with Crippen LogP contribution in [0.15, 0.2) is 49.6 Å². The SMILES string of the molecule is C=CCCOC(=O)[C@@H]1[C@H]2C(=O)N(CCCCCO)C(C(=O)N(CC=C)Cn3nnc4ccccc43)C23CC[C@@]1(C)O3. The quantitative estimate of drug-likeness (QED) is 0.210. The molecule has 3 fully saturated rings. The van der Waals surface area contributed by atoms with Gasteiger partial charge < -0.3 is 24.4 Å². The Morgan fingerprint density at radius 1 is 1.22 bits per heavy atom. The van der Waals surface area contributed by atoms with E-state index >= 15 is 0 Å². The van der Waals surface area contributed by atoms with E-state index < -0.39 is 35.0 Å². The van der Waals surface area contributed by atoms with Gasteiger partial charge in [-0.05, 0) is 57.6 Å². The number of rotatable bonds is 14. The zero-order chi connectivity index (χ0) is 29.2. The number of benzene rings is 1. The minimum Gasteiger partial charge on any atom is -0.465 e. The monoisotopic (exact) mass is 565 g/mol. The van der Waals surface area contributed by atoms with E-state index in [1.807, 2.05) is 31.2 Å². The van der Waals surface area contributed by atoms with E-state index in [9.17, 15) is 19.5 Å². The number of esters is 1.